The van der Waals surface area contributed by atoms with Crippen molar-refractivity contribution in [3.8, 4) is 0 Å². The van der Waals surface area contributed by atoms with Gasteiger partial charge in [-0.25, -0.2) is 9.50 Å². The minimum atomic E-state index is 0.0398. The van der Waals surface area contributed by atoms with Gasteiger partial charge in [0.1, 0.15) is 12.1 Å². The number of hydrogen-bond donors (Lipinski definition) is 0. The first-order valence-electron chi connectivity index (χ1n) is 7.38. The van der Waals surface area contributed by atoms with Crippen molar-refractivity contribution in [3.05, 3.63) is 24.2 Å². The number of methoxy groups -OCH3 is 1. The van der Waals surface area contributed by atoms with E-state index in [4.69, 9.17) is 9.72 Å². The molecule has 3 rings (SSSR count). The van der Waals surface area contributed by atoms with E-state index >= 15 is 0 Å². The Kier molecular flexibility index (Phi) is 3.98. The van der Waals surface area contributed by atoms with E-state index in [0.717, 1.165) is 30.0 Å². The van der Waals surface area contributed by atoms with Gasteiger partial charge in [0, 0.05) is 40.2 Å². The van der Waals surface area contributed by atoms with Gasteiger partial charge in [-0.2, -0.15) is 5.10 Å². The van der Waals surface area contributed by atoms with E-state index in [2.05, 4.69) is 5.10 Å². The smallest absolute Gasteiger partial charge is 0.248 e. The van der Waals surface area contributed by atoms with Crippen molar-refractivity contribution in [1.82, 2.24) is 19.5 Å². The van der Waals surface area contributed by atoms with Crippen molar-refractivity contribution in [3.63, 3.8) is 0 Å². The average molecular weight is 303 g/mol. The second-order valence-corrected chi connectivity index (χ2v) is 5.80. The molecule has 2 aromatic heterocycles. The third-order valence-electron chi connectivity index (χ3n) is 4.04. The number of amides is 1. The van der Waals surface area contributed by atoms with E-state index in [1.165, 1.54) is 0 Å². The van der Waals surface area contributed by atoms with Crippen LogP contribution in [0.4, 0.5) is 5.82 Å². The summed E-state index contributed by atoms with van der Waals surface area (Å²) in [5, 5.41) is 4.33. The van der Waals surface area contributed by atoms with Crippen LogP contribution in [0.5, 0.6) is 0 Å². The van der Waals surface area contributed by atoms with Gasteiger partial charge in [0.05, 0.1) is 18.1 Å². The van der Waals surface area contributed by atoms with Crippen LogP contribution in [0.1, 0.15) is 18.0 Å². The monoisotopic (exact) mass is 303 g/mol. The number of carbonyl (C=O) groups is 1. The largest absolute Gasteiger partial charge is 0.375 e. The molecule has 0 aromatic carbocycles. The fourth-order valence-corrected chi connectivity index (χ4v) is 2.90. The van der Waals surface area contributed by atoms with Crippen LogP contribution in [0.25, 0.3) is 5.52 Å². The second kappa shape index (κ2) is 5.92. The Hall–Kier alpha value is -2.15. The minimum Gasteiger partial charge on any atom is -0.375 e. The molecule has 7 heteroatoms. The number of anilines is 1. The maximum atomic E-state index is 11.9. The van der Waals surface area contributed by atoms with Crippen molar-refractivity contribution in [2.24, 2.45) is 0 Å². The van der Waals surface area contributed by atoms with Crippen LogP contribution in [0.3, 0.4) is 0 Å². The molecule has 1 fully saturated rings. The van der Waals surface area contributed by atoms with Crippen molar-refractivity contribution >= 4 is 17.2 Å². The van der Waals surface area contributed by atoms with Crippen LogP contribution in [0.15, 0.2) is 18.5 Å². The molecule has 0 bridgehead atoms. The Morgan fingerprint density at radius 2 is 2.32 bits per heavy atom. The third-order valence-corrected chi connectivity index (χ3v) is 4.04. The standard InChI is InChI=1S/C15H21N5O2/c1-18(2)15-13-4-6-16-20(13)9-12(17-15)11-5-7-19(8-11)14(21)10-22-3/h4,6,9,11H,5,7-8,10H2,1-3H3/t11-/m1/s1. The lowest BCUT2D eigenvalue weighted by Gasteiger charge is -2.18. The topological polar surface area (TPSA) is 63.0 Å². The van der Waals surface area contributed by atoms with Gasteiger partial charge in [-0.1, -0.05) is 0 Å². The first-order valence-corrected chi connectivity index (χ1v) is 7.38. The molecular formula is C15H21N5O2. The Morgan fingerprint density at radius 1 is 1.50 bits per heavy atom. The fourth-order valence-electron chi connectivity index (χ4n) is 2.90. The van der Waals surface area contributed by atoms with E-state index < -0.39 is 0 Å². The number of fused-ring (bicyclic) bond motifs is 1. The Bertz CT molecular complexity index is 682. The highest BCUT2D eigenvalue weighted by atomic mass is 16.5. The summed E-state index contributed by atoms with van der Waals surface area (Å²) in [6, 6.07) is 1.95. The molecule has 1 saturated heterocycles. The van der Waals surface area contributed by atoms with Gasteiger partial charge in [-0.05, 0) is 12.5 Å². The normalized spacial score (nSPS) is 18.1. The van der Waals surface area contributed by atoms with Gasteiger partial charge in [0.15, 0.2) is 5.82 Å². The summed E-state index contributed by atoms with van der Waals surface area (Å²) in [7, 11) is 5.49. The molecular weight excluding hydrogens is 282 g/mol. The molecule has 1 aliphatic heterocycles. The number of carbonyl (C=O) groups excluding carboxylic acids is 1. The molecule has 0 radical (unpaired) electrons. The summed E-state index contributed by atoms with van der Waals surface area (Å²) in [5.74, 6) is 1.18. The minimum absolute atomic E-state index is 0.0398. The highest BCUT2D eigenvalue weighted by Gasteiger charge is 2.29. The molecule has 0 N–H and O–H groups in total. The van der Waals surface area contributed by atoms with Crippen molar-refractivity contribution in [1.29, 1.82) is 0 Å². The lowest BCUT2D eigenvalue weighted by atomic mass is 10.1. The first-order chi connectivity index (χ1) is 10.6. The third kappa shape index (κ3) is 2.64. The van der Waals surface area contributed by atoms with E-state index in [1.54, 1.807) is 13.3 Å². The van der Waals surface area contributed by atoms with Crippen LogP contribution < -0.4 is 4.90 Å². The van der Waals surface area contributed by atoms with Crippen LogP contribution in [0, 0.1) is 0 Å². The number of nitrogens with zero attached hydrogens (tertiary/aromatic N) is 5. The molecule has 3 heterocycles. The molecule has 22 heavy (non-hydrogen) atoms. The summed E-state index contributed by atoms with van der Waals surface area (Å²) in [4.78, 5) is 20.5. The lowest BCUT2D eigenvalue weighted by molar-refractivity contribution is -0.134. The zero-order valence-corrected chi connectivity index (χ0v) is 13.2. The molecule has 0 unspecified atom stereocenters. The highest BCUT2D eigenvalue weighted by Crippen LogP contribution is 2.28. The Labute approximate surface area is 129 Å². The van der Waals surface area contributed by atoms with Crippen molar-refractivity contribution in [2.75, 3.05) is 45.8 Å². The Morgan fingerprint density at radius 3 is 3.05 bits per heavy atom. The van der Waals surface area contributed by atoms with E-state index in [1.807, 2.05) is 40.7 Å². The predicted molar refractivity (Wildman–Crippen MR) is 83.1 cm³/mol. The van der Waals surface area contributed by atoms with Crippen LogP contribution >= 0.6 is 0 Å². The molecule has 1 atom stereocenters. The molecule has 0 aliphatic carbocycles. The summed E-state index contributed by atoms with van der Waals surface area (Å²) >= 11 is 0. The molecule has 118 valence electrons. The van der Waals surface area contributed by atoms with Gasteiger partial charge in [0.25, 0.3) is 0 Å². The Balaban J connectivity index is 1.86. The lowest BCUT2D eigenvalue weighted by Crippen LogP contribution is -2.31. The summed E-state index contributed by atoms with van der Waals surface area (Å²) in [6.07, 6.45) is 4.66. The molecule has 0 spiro atoms. The van der Waals surface area contributed by atoms with Crippen LogP contribution in [0.2, 0.25) is 0 Å². The predicted octanol–water partition coefficient (Wildman–Crippen LogP) is 0.758. The van der Waals surface area contributed by atoms with E-state index in [0.29, 0.717) is 6.54 Å². The van der Waals surface area contributed by atoms with Gasteiger partial charge in [-0.3, -0.25) is 4.79 Å². The molecule has 1 aliphatic rings. The van der Waals surface area contributed by atoms with E-state index in [9.17, 15) is 4.79 Å². The summed E-state index contributed by atoms with van der Waals surface area (Å²) in [6.45, 7) is 1.58. The first kappa shape index (κ1) is 14.8. The fraction of sp³-hybridized carbons (Fsp3) is 0.533. The number of ether oxygens (including phenoxy) is 1. The van der Waals surface area contributed by atoms with Crippen LogP contribution in [-0.2, 0) is 9.53 Å². The van der Waals surface area contributed by atoms with Crippen molar-refractivity contribution in [2.45, 2.75) is 12.3 Å². The highest BCUT2D eigenvalue weighted by molar-refractivity contribution is 5.77. The second-order valence-electron chi connectivity index (χ2n) is 5.80. The molecule has 7 nitrogen and oxygen atoms in total. The quantitative estimate of drug-likeness (QED) is 0.834. The van der Waals surface area contributed by atoms with Gasteiger partial charge >= 0.3 is 0 Å². The molecule has 2 aromatic rings. The van der Waals surface area contributed by atoms with Crippen LogP contribution in [-0.4, -0.2) is 66.3 Å². The number of rotatable bonds is 4. The number of likely N-dealkylation sites (tertiary alicyclic amines) is 1. The number of hydrogen-bond acceptors (Lipinski definition) is 5. The maximum Gasteiger partial charge on any atom is 0.248 e. The van der Waals surface area contributed by atoms with Crippen molar-refractivity contribution < 1.29 is 9.53 Å². The van der Waals surface area contributed by atoms with Gasteiger partial charge in [0.2, 0.25) is 5.91 Å². The molecule has 1 amide bonds. The van der Waals surface area contributed by atoms with Gasteiger partial charge < -0.3 is 14.5 Å². The zero-order valence-electron chi connectivity index (χ0n) is 13.2. The number of aromatic nitrogens is 3. The summed E-state index contributed by atoms with van der Waals surface area (Å²) < 4.78 is 6.79. The molecule has 0 saturated carbocycles. The summed E-state index contributed by atoms with van der Waals surface area (Å²) in [5.41, 5.74) is 1.96. The van der Waals surface area contributed by atoms with Gasteiger partial charge in [-0.15, -0.1) is 0 Å². The SMILES string of the molecule is COCC(=O)N1CC[C@@H](c2cn3nccc3c(N(C)C)n2)C1. The van der Waals surface area contributed by atoms with E-state index in [-0.39, 0.29) is 18.4 Å². The maximum absolute atomic E-state index is 11.9. The zero-order chi connectivity index (χ0) is 15.7. The average Bonchev–Trinajstić information content (AvgIpc) is 3.15.